The van der Waals surface area contributed by atoms with Crippen LogP contribution in [0.1, 0.15) is 10.4 Å². The zero-order chi connectivity index (χ0) is 16.9. The van der Waals surface area contributed by atoms with Gasteiger partial charge in [0.05, 0.1) is 4.90 Å². The predicted molar refractivity (Wildman–Crippen MR) is 86.2 cm³/mol. The van der Waals surface area contributed by atoms with Crippen molar-refractivity contribution >= 4 is 21.6 Å². The molecule has 0 aromatic heterocycles. The van der Waals surface area contributed by atoms with E-state index in [2.05, 4.69) is 16.6 Å². The largest absolute Gasteiger partial charge is 0.322 e. The molecule has 0 atom stereocenters. The lowest BCUT2D eigenvalue weighted by Crippen LogP contribution is -2.24. The molecule has 0 aliphatic heterocycles. The maximum atomic E-state index is 13.1. The number of halogens is 1. The summed E-state index contributed by atoms with van der Waals surface area (Å²) >= 11 is 0. The van der Waals surface area contributed by atoms with E-state index < -0.39 is 21.7 Å². The first-order valence-corrected chi connectivity index (χ1v) is 8.18. The smallest absolute Gasteiger partial charge is 0.255 e. The number of hydrogen-bond donors (Lipinski definition) is 2. The fourth-order valence-corrected chi connectivity index (χ4v) is 2.87. The highest BCUT2D eigenvalue weighted by molar-refractivity contribution is 7.89. The molecule has 2 rings (SSSR count). The third kappa shape index (κ3) is 4.48. The van der Waals surface area contributed by atoms with Gasteiger partial charge in [-0.2, -0.15) is 0 Å². The van der Waals surface area contributed by atoms with Crippen molar-refractivity contribution in [3.8, 4) is 0 Å². The minimum absolute atomic E-state index is 0.0359. The van der Waals surface area contributed by atoms with Crippen LogP contribution in [-0.4, -0.2) is 20.9 Å². The minimum atomic E-state index is -3.72. The van der Waals surface area contributed by atoms with Crippen LogP contribution < -0.4 is 10.0 Å². The first-order valence-electron chi connectivity index (χ1n) is 6.70. The van der Waals surface area contributed by atoms with Gasteiger partial charge in [0.15, 0.2) is 0 Å². The van der Waals surface area contributed by atoms with Crippen LogP contribution in [0.4, 0.5) is 10.1 Å². The fraction of sp³-hybridized carbons (Fsp3) is 0.0625. The van der Waals surface area contributed by atoms with Gasteiger partial charge < -0.3 is 5.32 Å². The molecule has 0 saturated carbocycles. The summed E-state index contributed by atoms with van der Waals surface area (Å²) in [6.07, 6.45) is 1.41. The minimum Gasteiger partial charge on any atom is -0.322 e. The number of carbonyl (C=O) groups is 1. The molecule has 23 heavy (non-hydrogen) atoms. The second kappa shape index (κ2) is 7.17. The van der Waals surface area contributed by atoms with E-state index in [0.717, 1.165) is 0 Å². The zero-order valence-corrected chi connectivity index (χ0v) is 12.9. The Balaban J connectivity index is 2.22. The Hall–Kier alpha value is -2.51. The van der Waals surface area contributed by atoms with E-state index in [4.69, 9.17) is 0 Å². The number of sulfonamides is 1. The van der Waals surface area contributed by atoms with Crippen molar-refractivity contribution in [2.75, 3.05) is 11.9 Å². The SMILES string of the molecule is C=CCNS(=O)(=O)c1cccc(C(=O)Nc2cccc(F)c2)c1. The molecule has 0 fully saturated rings. The molecule has 5 nitrogen and oxygen atoms in total. The van der Waals surface area contributed by atoms with Gasteiger partial charge in [-0.15, -0.1) is 6.58 Å². The highest BCUT2D eigenvalue weighted by Crippen LogP contribution is 2.14. The topological polar surface area (TPSA) is 75.3 Å². The first-order chi connectivity index (χ1) is 10.9. The summed E-state index contributed by atoms with van der Waals surface area (Å²) in [7, 11) is -3.72. The maximum Gasteiger partial charge on any atom is 0.255 e. The molecule has 0 aliphatic carbocycles. The molecule has 0 radical (unpaired) electrons. The Labute approximate surface area is 133 Å². The highest BCUT2D eigenvalue weighted by atomic mass is 32.2. The number of carbonyl (C=O) groups excluding carboxylic acids is 1. The summed E-state index contributed by atoms with van der Waals surface area (Å²) < 4.78 is 39.5. The summed E-state index contributed by atoms with van der Waals surface area (Å²) in [4.78, 5) is 12.1. The molecule has 7 heteroatoms. The van der Waals surface area contributed by atoms with Gasteiger partial charge in [0.2, 0.25) is 10.0 Å². The Kier molecular flexibility index (Phi) is 5.25. The van der Waals surface area contributed by atoms with Crippen LogP contribution in [0.15, 0.2) is 66.1 Å². The van der Waals surface area contributed by atoms with Crippen molar-refractivity contribution in [3.05, 3.63) is 72.6 Å². The monoisotopic (exact) mass is 334 g/mol. The second-order valence-electron chi connectivity index (χ2n) is 4.63. The van der Waals surface area contributed by atoms with Gasteiger partial charge in [-0.25, -0.2) is 17.5 Å². The van der Waals surface area contributed by atoms with Crippen LogP contribution in [0.3, 0.4) is 0 Å². The van der Waals surface area contributed by atoms with Gasteiger partial charge >= 0.3 is 0 Å². The lowest BCUT2D eigenvalue weighted by atomic mass is 10.2. The molecule has 0 saturated heterocycles. The lowest BCUT2D eigenvalue weighted by Gasteiger charge is -2.08. The summed E-state index contributed by atoms with van der Waals surface area (Å²) in [5.74, 6) is -1.01. The molecule has 2 N–H and O–H groups in total. The maximum absolute atomic E-state index is 13.1. The zero-order valence-electron chi connectivity index (χ0n) is 12.1. The van der Waals surface area contributed by atoms with Gasteiger partial charge in [-0.05, 0) is 36.4 Å². The highest BCUT2D eigenvalue weighted by Gasteiger charge is 2.15. The fourth-order valence-electron chi connectivity index (χ4n) is 1.83. The number of anilines is 1. The van der Waals surface area contributed by atoms with Crippen molar-refractivity contribution in [1.82, 2.24) is 4.72 Å². The quantitative estimate of drug-likeness (QED) is 0.797. The van der Waals surface area contributed by atoms with Crippen molar-refractivity contribution in [1.29, 1.82) is 0 Å². The van der Waals surface area contributed by atoms with Gasteiger partial charge in [0.25, 0.3) is 5.91 Å². The molecule has 120 valence electrons. The second-order valence-corrected chi connectivity index (χ2v) is 6.40. The Morgan fingerprint density at radius 2 is 1.91 bits per heavy atom. The summed E-state index contributed by atoms with van der Waals surface area (Å²) in [5.41, 5.74) is 0.434. The van der Waals surface area contributed by atoms with Crippen molar-refractivity contribution in [2.45, 2.75) is 4.90 Å². The van der Waals surface area contributed by atoms with Crippen LogP contribution in [0.25, 0.3) is 0 Å². The van der Waals surface area contributed by atoms with E-state index in [9.17, 15) is 17.6 Å². The van der Waals surface area contributed by atoms with E-state index in [-0.39, 0.29) is 22.7 Å². The molecular weight excluding hydrogens is 319 g/mol. The molecule has 1 amide bonds. The van der Waals surface area contributed by atoms with E-state index in [1.165, 1.54) is 54.6 Å². The van der Waals surface area contributed by atoms with Crippen molar-refractivity contribution in [2.24, 2.45) is 0 Å². The average molecular weight is 334 g/mol. The van der Waals surface area contributed by atoms with Crippen LogP contribution in [-0.2, 0) is 10.0 Å². The van der Waals surface area contributed by atoms with E-state index >= 15 is 0 Å². The summed E-state index contributed by atoms with van der Waals surface area (Å²) in [6, 6.07) is 11.0. The number of amides is 1. The van der Waals surface area contributed by atoms with Crippen LogP contribution in [0.2, 0.25) is 0 Å². The van der Waals surface area contributed by atoms with Crippen LogP contribution >= 0.6 is 0 Å². The molecule has 2 aromatic rings. The van der Waals surface area contributed by atoms with E-state index in [1.54, 1.807) is 0 Å². The average Bonchev–Trinajstić information content (AvgIpc) is 2.53. The number of hydrogen-bond acceptors (Lipinski definition) is 3. The Bertz CT molecular complexity index is 835. The predicted octanol–water partition coefficient (Wildman–Crippen LogP) is 2.54. The summed E-state index contributed by atoms with van der Waals surface area (Å²) in [5, 5.41) is 2.51. The standard InChI is InChI=1S/C16H15FN2O3S/c1-2-9-18-23(21,22)15-8-3-5-12(10-15)16(20)19-14-7-4-6-13(17)11-14/h2-8,10-11,18H,1,9H2,(H,19,20). The van der Waals surface area contributed by atoms with Gasteiger partial charge in [-0.1, -0.05) is 18.2 Å². The molecule has 0 bridgehead atoms. The number of rotatable bonds is 6. The van der Waals surface area contributed by atoms with E-state index in [0.29, 0.717) is 0 Å². The Morgan fingerprint density at radius 1 is 1.17 bits per heavy atom. The molecule has 0 aliphatic rings. The van der Waals surface area contributed by atoms with Gasteiger partial charge in [0.1, 0.15) is 5.82 Å². The van der Waals surface area contributed by atoms with Crippen molar-refractivity contribution < 1.29 is 17.6 Å². The van der Waals surface area contributed by atoms with Gasteiger partial charge in [0, 0.05) is 17.8 Å². The third-order valence-electron chi connectivity index (χ3n) is 2.91. The molecule has 2 aromatic carbocycles. The molecule has 0 heterocycles. The Morgan fingerprint density at radius 3 is 2.61 bits per heavy atom. The first kappa shape index (κ1) is 16.9. The number of nitrogens with one attached hydrogen (secondary N) is 2. The lowest BCUT2D eigenvalue weighted by molar-refractivity contribution is 0.102. The molecule has 0 unspecified atom stereocenters. The third-order valence-corrected chi connectivity index (χ3v) is 4.33. The molecular formula is C16H15FN2O3S. The van der Waals surface area contributed by atoms with Crippen LogP contribution in [0, 0.1) is 5.82 Å². The number of benzene rings is 2. The van der Waals surface area contributed by atoms with E-state index in [1.807, 2.05) is 0 Å². The van der Waals surface area contributed by atoms with Gasteiger partial charge in [-0.3, -0.25) is 4.79 Å². The van der Waals surface area contributed by atoms with Crippen LogP contribution in [0.5, 0.6) is 0 Å². The van der Waals surface area contributed by atoms with Crippen molar-refractivity contribution in [3.63, 3.8) is 0 Å². The normalized spacial score (nSPS) is 11.0. The molecule has 0 spiro atoms. The summed E-state index contributed by atoms with van der Waals surface area (Å²) in [6.45, 7) is 3.52.